The van der Waals surface area contributed by atoms with Crippen molar-refractivity contribution in [3.8, 4) is 0 Å². The number of carbonyl (C=O) groups is 2. The Kier molecular flexibility index (Phi) is 5.69. The van der Waals surface area contributed by atoms with Crippen LogP contribution in [0.2, 0.25) is 5.02 Å². The minimum absolute atomic E-state index is 0.0538. The topological polar surface area (TPSA) is 72.6 Å². The number of hydrogen-bond acceptors (Lipinski definition) is 4. The van der Waals surface area contributed by atoms with Crippen LogP contribution in [0.4, 0.5) is 8.78 Å². The Morgan fingerprint density at radius 3 is 2.57 bits per heavy atom. The van der Waals surface area contributed by atoms with E-state index in [-0.39, 0.29) is 36.3 Å². The third-order valence-electron chi connectivity index (χ3n) is 5.63. The summed E-state index contributed by atoms with van der Waals surface area (Å²) < 4.78 is 34.0. The Hall–Kier alpha value is -1.73. The van der Waals surface area contributed by atoms with E-state index in [9.17, 15) is 18.4 Å². The van der Waals surface area contributed by atoms with Crippen LogP contribution in [0, 0.1) is 18.8 Å². The van der Waals surface area contributed by atoms with Gasteiger partial charge in [-0.25, -0.2) is 8.78 Å². The highest BCUT2D eigenvalue weighted by molar-refractivity contribution is 6.31. The van der Waals surface area contributed by atoms with Gasteiger partial charge in [0.15, 0.2) is 0 Å². The fourth-order valence-corrected chi connectivity index (χ4v) is 4.08. The summed E-state index contributed by atoms with van der Waals surface area (Å²) >= 11 is 5.96. The first-order chi connectivity index (χ1) is 13.0. The van der Waals surface area contributed by atoms with Gasteiger partial charge in [0.1, 0.15) is 6.61 Å². The van der Waals surface area contributed by atoms with Gasteiger partial charge >= 0.3 is 5.97 Å². The van der Waals surface area contributed by atoms with Crippen LogP contribution < -0.4 is 5.73 Å². The van der Waals surface area contributed by atoms with Gasteiger partial charge in [0.25, 0.3) is 5.92 Å². The molecule has 1 amide bonds. The number of amides is 1. The Labute approximate surface area is 168 Å². The van der Waals surface area contributed by atoms with E-state index in [1.807, 2.05) is 0 Å². The number of esters is 1. The van der Waals surface area contributed by atoms with Crippen molar-refractivity contribution in [2.75, 3.05) is 19.7 Å². The number of aryl methyl sites for hydroxylation is 1. The summed E-state index contributed by atoms with van der Waals surface area (Å²) in [4.78, 5) is 24.9. The predicted molar refractivity (Wildman–Crippen MR) is 101 cm³/mol. The zero-order valence-corrected chi connectivity index (χ0v) is 16.8. The molecule has 1 aliphatic heterocycles. The van der Waals surface area contributed by atoms with E-state index < -0.39 is 17.4 Å². The van der Waals surface area contributed by atoms with Crippen LogP contribution in [-0.4, -0.2) is 42.0 Å². The standard InChI is InChI=1S/C20H25ClF2N2O3/c1-12-3-4-16(5-17(12)21)20(22,23)6-14-9-25(10-14)18(27)15-7-19(24,8-15)11-28-13(2)26/h3-5,14-15H,6-11,24H2,1-2H3/t15-,19+. The minimum atomic E-state index is -2.98. The molecule has 1 heterocycles. The fraction of sp³-hybridized carbons (Fsp3) is 0.600. The summed E-state index contributed by atoms with van der Waals surface area (Å²) in [5.41, 5.74) is 6.08. The zero-order valence-electron chi connectivity index (χ0n) is 16.0. The monoisotopic (exact) mass is 414 g/mol. The number of rotatable bonds is 6. The largest absolute Gasteiger partial charge is 0.464 e. The van der Waals surface area contributed by atoms with Crippen molar-refractivity contribution in [2.24, 2.45) is 17.6 Å². The highest BCUT2D eigenvalue weighted by Gasteiger charge is 2.49. The van der Waals surface area contributed by atoms with Crippen molar-refractivity contribution in [2.45, 2.75) is 44.6 Å². The van der Waals surface area contributed by atoms with Gasteiger partial charge in [0.2, 0.25) is 5.91 Å². The van der Waals surface area contributed by atoms with Crippen LogP contribution in [0.3, 0.4) is 0 Å². The molecule has 3 rings (SSSR count). The third-order valence-corrected chi connectivity index (χ3v) is 6.03. The van der Waals surface area contributed by atoms with E-state index in [0.717, 1.165) is 5.56 Å². The maximum atomic E-state index is 14.5. The number of nitrogens with zero attached hydrogens (tertiary/aromatic N) is 1. The molecule has 1 aliphatic carbocycles. The highest BCUT2D eigenvalue weighted by atomic mass is 35.5. The van der Waals surface area contributed by atoms with E-state index in [1.54, 1.807) is 17.9 Å². The molecule has 8 heteroatoms. The lowest BCUT2D eigenvalue weighted by Crippen LogP contribution is -2.62. The Morgan fingerprint density at radius 2 is 2.00 bits per heavy atom. The molecule has 1 saturated heterocycles. The Balaban J connectivity index is 1.46. The first kappa shape index (κ1) is 21.0. The summed E-state index contributed by atoms with van der Waals surface area (Å²) in [6, 6.07) is 4.31. The maximum Gasteiger partial charge on any atom is 0.302 e. The Bertz CT molecular complexity index is 775. The van der Waals surface area contributed by atoms with Crippen molar-refractivity contribution >= 4 is 23.5 Å². The lowest BCUT2D eigenvalue weighted by atomic mass is 9.68. The normalized spacial score (nSPS) is 25.1. The predicted octanol–water partition coefficient (Wildman–Crippen LogP) is 3.26. The van der Waals surface area contributed by atoms with Crippen LogP contribution >= 0.6 is 11.6 Å². The van der Waals surface area contributed by atoms with Crippen molar-refractivity contribution in [1.82, 2.24) is 4.90 Å². The molecule has 28 heavy (non-hydrogen) atoms. The van der Waals surface area contributed by atoms with E-state index in [4.69, 9.17) is 22.1 Å². The number of carbonyl (C=O) groups excluding carboxylic acids is 2. The summed E-state index contributed by atoms with van der Waals surface area (Å²) in [6.45, 7) is 3.83. The smallest absolute Gasteiger partial charge is 0.302 e. The molecule has 0 radical (unpaired) electrons. The highest BCUT2D eigenvalue weighted by Crippen LogP contribution is 2.41. The lowest BCUT2D eigenvalue weighted by Gasteiger charge is -2.48. The molecule has 2 aliphatic rings. The average Bonchev–Trinajstić information content (AvgIpc) is 2.55. The zero-order chi connectivity index (χ0) is 20.7. The van der Waals surface area contributed by atoms with E-state index in [2.05, 4.69) is 0 Å². The van der Waals surface area contributed by atoms with Crippen LogP contribution in [0.25, 0.3) is 0 Å². The molecule has 0 bridgehead atoms. The summed E-state index contributed by atoms with van der Waals surface area (Å²) in [7, 11) is 0. The molecule has 1 saturated carbocycles. The van der Waals surface area contributed by atoms with Crippen LogP contribution in [-0.2, 0) is 20.2 Å². The van der Waals surface area contributed by atoms with E-state index >= 15 is 0 Å². The minimum Gasteiger partial charge on any atom is -0.464 e. The SMILES string of the molecule is CC(=O)OC[C@]1(N)C[C@@H](C(=O)N2CC(CC(F)(F)c3ccc(C)c(Cl)c3)C2)C1. The second-order valence-corrected chi connectivity index (χ2v) is 8.64. The summed E-state index contributed by atoms with van der Waals surface area (Å²) in [5, 5.41) is 0.326. The van der Waals surface area contributed by atoms with Crippen LogP contribution in [0.1, 0.15) is 37.3 Å². The number of halogens is 3. The second-order valence-electron chi connectivity index (χ2n) is 8.23. The summed E-state index contributed by atoms with van der Waals surface area (Å²) in [6.07, 6.45) is 0.574. The second kappa shape index (κ2) is 7.59. The van der Waals surface area contributed by atoms with Crippen molar-refractivity contribution in [1.29, 1.82) is 0 Å². The van der Waals surface area contributed by atoms with Gasteiger partial charge in [-0.2, -0.15) is 0 Å². The fourth-order valence-electron chi connectivity index (χ4n) is 3.90. The van der Waals surface area contributed by atoms with Crippen molar-refractivity contribution < 1.29 is 23.1 Å². The van der Waals surface area contributed by atoms with Gasteiger partial charge in [-0.3, -0.25) is 9.59 Å². The van der Waals surface area contributed by atoms with Gasteiger partial charge < -0.3 is 15.4 Å². The lowest BCUT2D eigenvalue weighted by molar-refractivity contribution is -0.153. The quantitative estimate of drug-likeness (QED) is 0.725. The molecule has 0 aromatic heterocycles. The van der Waals surface area contributed by atoms with Gasteiger partial charge in [-0.15, -0.1) is 0 Å². The number of hydrogen-bond donors (Lipinski definition) is 1. The average molecular weight is 415 g/mol. The van der Waals surface area contributed by atoms with Crippen LogP contribution in [0.15, 0.2) is 18.2 Å². The van der Waals surface area contributed by atoms with Gasteiger partial charge in [-0.1, -0.05) is 23.7 Å². The van der Waals surface area contributed by atoms with Gasteiger partial charge in [0.05, 0.1) is 5.54 Å². The molecule has 1 aromatic rings. The van der Waals surface area contributed by atoms with Gasteiger partial charge in [0, 0.05) is 48.9 Å². The molecule has 0 spiro atoms. The molecule has 0 atom stereocenters. The van der Waals surface area contributed by atoms with Crippen LogP contribution in [0.5, 0.6) is 0 Å². The molecule has 0 unspecified atom stereocenters. The molecular weight excluding hydrogens is 390 g/mol. The first-order valence-corrected chi connectivity index (χ1v) is 9.72. The molecule has 5 nitrogen and oxygen atoms in total. The number of alkyl halides is 2. The van der Waals surface area contributed by atoms with E-state index in [1.165, 1.54) is 19.1 Å². The van der Waals surface area contributed by atoms with Crippen molar-refractivity contribution in [3.63, 3.8) is 0 Å². The number of ether oxygens (including phenoxy) is 1. The number of nitrogens with two attached hydrogens (primary N) is 1. The first-order valence-electron chi connectivity index (χ1n) is 9.34. The molecule has 2 N–H and O–H groups in total. The molecular formula is C20H25ClF2N2O3. The molecule has 154 valence electrons. The van der Waals surface area contributed by atoms with Gasteiger partial charge in [-0.05, 0) is 31.4 Å². The van der Waals surface area contributed by atoms with Crippen molar-refractivity contribution in [3.05, 3.63) is 34.3 Å². The maximum absolute atomic E-state index is 14.5. The number of likely N-dealkylation sites (tertiary alicyclic amines) is 1. The van der Waals surface area contributed by atoms with E-state index in [0.29, 0.717) is 31.0 Å². The Morgan fingerprint density at radius 1 is 1.36 bits per heavy atom. The number of benzene rings is 1. The molecule has 1 aromatic carbocycles. The molecule has 2 fully saturated rings. The third kappa shape index (κ3) is 4.46. The summed E-state index contributed by atoms with van der Waals surface area (Å²) in [5.74, 6) is -3.91.